The van der Waals surface area contributed by atoms with Crippen LogP contribution in [0.15, 0.2) is 29.2 Å². The second-order valence-electron chi connectivity index (χ2n) is 6.99. The van der Waals surface area contributed by atoms with Gasteiger partial charge in [-0.2, -0.15) is 4.31 Å². The van der Waals surface area contributed by atoms with Crippen molar-refractivity contribution < 1.29 is 27.5 Å². The van der Waals surface area contributed by atoms with Gasteiger partial charge in [-0.25, -0.2) is 18.2 Å². The van der Waals surface area contributed by atoms with E-state index in [1.165, 1.54) is 35.7 Å². The van der Waals surface area contributed by atoms with E-state index in [0.29, 0.717) is 10.6 Å². The van der Waals surface area contributed by atoms with Crippen molar-refractivity contribution in [3.8, 4) is 0 Å². The van der Waals surface area contributed by atoms with Crippen molar-refractivity contribution in [2.24, 2.45) is 0 Å². The number of methoxy groups -OCH3 is 1. The van der Waals surface area contributed by atoms with E-state index < -0.39 is 21.9 Å². The number of amides is 1. The lowest BCUT2D eigenvalue weighted by molar-refractivity contribution is -0.0440. The molecule has 0 bridgehead atoms. The van der Waals surface area contributed by atoms with E-state index in [2.05, 4.69) is 15.0 Å². The van der Waals surface area contributed by atoms with Crippen LogP contribution in [0, 0.1) is 6.92 Å². The number of ether oxygens (including phenoxy) is 2. The first kappa shape index (κ1) is 22.3. The van der Waals surface area contributed by atoms with Crippen LogP contribution < -0.4 is 5.32 Å². The average molecular weight is 454 g/mol. The monoisotopic (exact) mass is 453 g/mol. The highest BCUT2D eigenvalue weighted by Gasteiger charge is 2.32. The minimum atomic E-state index is -3.77. The Hall–Kier alpha value is -2.34. The van der Waals surface area contributed by atoms with E-state index in [1.807, 2.05) is 13.8 Å². The highest BCUT2D eigenvalue weighted by molar-refractivity contribution is 7.89. The number of hydrogen-bond acceptors (Lipinski definition) is 8. The fraction of sp³-hybridized carbons (Fsp3) is 0.421. The number of anilines is 1. The van der Waals surface area contributed by atoms with E-state index in [4.69, 9.17) is 4.74 Å². The van der Waals surface area contributed by atoms with Crippen molar-refractivity contribution in [2.45, 2.75) is 37.9 Å². The Bertz CT molecular complexity index is 1060. The predicted octanol–water partition coefficient (Wildman–Crippen LogP) is 2.29. The molecule has 30 heavy (non-hydrogen) atoms. The number of aryl methyl sites for hydroxylation is 1. The van der Waals surface area contributed by atoms with Crippen molar-refractivity contribution in [1.82, 2.24) is 9.29 Å². The van der Waals surface area contributed by atoms with E-state index in [1.54, 1.807) is 6.92 Å². The Morgan fingerprint density at radius 3 is 2.57 bits per heavy atom. The maximum absolute atomic E-state index is 13.0. The van der Waals surface area contributed by atoms with Crippen LogP contribution in [0.3, 0.4) is 0 Å². The SMILES string of the molecule is COC(=O)c1sc(NC(=O)c2cccc(S(=O)(=O)N3CC(C)OC(C)C3)c2)nc1C. The Labute approximate surface area is 179 Å². The summed E-state index contributed by atoms with van der Waals surface area (Å²) in [6, 6.07) is 5.82. The molecule has 1 saturated heterocycles. The number of aromatic nitrogens is 1. The summed E-state index contributed by atoms with van der Waals surface area (Å²) < 4.78 is 37.7. The van der Waals surface area contributed by atoms with Crippen LogP contribution in [0.25, 0.3) is 0 Å². The minimum Gasteiger partial charge on any atom is -0.465 e. The number of sulfonamides is 1. The van der Waals surface area contributed by atoms with Gasteiger partial charge in [-0.15, -0.1) is 0 Å². The third-order valence-electron chi connectivity index (χ3n) is 4.51. The number of thiazole rings is 1. The zero-order chi connectivity index (χ0) is 22.1. The molecule has 1 aromatic heterocycles. The number of rotatable bonds is 5. The predicted molar refractivity (Wildman–Crippen MR) is 111 cm³/mol. The van der Waals surface area contributed by atoms with Crippen LogP contribution in [-0.4, -0.2) is 62.0 Å². The molecule has 1 aromatic carbocycles. The van der Waals surface area contributed by atoms with Gasteiger partial charge in [0.05, 0.1) is 29.9 Å². The van der Waals surface area contributed by atoms with E-state index in [0.717, 1.165) is 11.3 Å². The molecule has 1 amide bonds. The third kappa shape index (κ3) is 4.69. The quantitative estimate of drug-likeness (QED) is 0.691. The maximum Gasteiger partial charge on any atom is 0.350 e. The molecule has 162 valence electrons. The molecule has 1 aliphatic heterocycles. The number of benzene rings is 1. The molecule has 0 radical (unpaired) electrons. The lowest BCUT2D eigenvalue weighted by Gasteiger charge is -2.34. The van der Waals surface area contributed by atoms with Crippen molar-refractivity contribution in [1.29, 1.82) is 0 Å². The molecular formula is C19H23N3O6S2. The summed E-state index contributed by atoms with van der Waals surface area (Å²) in [4.78, 5) is 28.8. The molecule has 1 fully saturated rings. The maximum atomic E-state index is 13.0. The largest absolute Gasteiger partial charge is 0.465 e. The van der Waals surface area contributed by atoms with Crippen LogP contribution in [0.1, 0.15) is 39.6 Å². The Kier molecular flexibility index (Phi) is 6.56. The first-order valence-corrected chi connectivity index (χ1v) is 11.5. The molecule has 2 heterocycles. The zero-order valence-electron chi connectivity index (χ0n) is 17.0. The summed E-state index contributed by atoms with van der Waals surface area (Å²) in [5, 5.41) is 2.83. The first-order chi connectivity index (χ1) is 14.1. The van der Waals surface area contributed by atoms with Gasteiger partial charge in [0.2, 0.25) is 10.0 Å². The Balaban J connectivity index is 1.81. The molecular weight excluding hydrogens is 430 g/mol. The first-order valence-electron chi connectivity index (χ1n) is 9.24. The Morgan fingerprint density at radius 1 is 1.27 bits per heavy atom. The normalized spacial score (nSPS) is 20.0. The molecule has 0 spiro atoms. The minimum absolute atomic E-state index is 0.0296. The van der Waals surface area contributed by atoms with Crippen molar-refractivity contribution in [3.63, 3.8) is 0 Å². The van der Waals surface area contributed by atoms with Gasteiger partial charge in [0, 0.05) is 18.7 Å². The van der Waals surface area contributed by atoms with E-state index in [9.17, 15) is 18.0 Å². The molecule has 11 heteroatoms. The molecule has 0 saturated carbocycles. The van der Waals surface area contributed by atoms with Gasteiger partial charge in [-0.05, 0) is 39.0 Å². The summed E-state index contributed by atoms with van der Waals surface area (Å²) >= 11 is 0.990. The summed E-state index contributed by atoms with van der Waals surface area (Å²) in [6.45, 7) is 5.77. The Morgan fingerprint density at radius 2 is 1.93 bits per heavy atom. The topological polar surface area (TPSA) is 115 Å². The van der Waals surface area contributed by atoms with Crippen LogP contribution in [0.5, 0.6) is 0 Å². The fourth-order valence-corrected chi connectivity index (χ4v) is 5.69. The molecule has 3 rings (SSSR count). The van der Waals surface area contributed by atoms with Gasteiger partial charge in [0.25, 0.3) is 5.91 Å². The summed E-state index contributed by atoms with van der Waals surface area (Å²) in [6.07, 6.45) is -0.431. The zero-order valence-corrected chi connectivity index (χ0v) is 18.7. The van der Waals surface area contributed by atoms with Crippen LogP contribution in [-0.2, 0) is 19.5 Å². The number of morpholine rings is 1. The van der Waals surface area contributed by atoms with Crippen molar-refractivity contribution in [2.75, 3.05) is 25.5 Å². The second-order valence-corrected chi connectivity index (χ2v) is 9.92. The van der Waals surface area contributed by atoms with E-state index in [-0.39, 0.29) is 40.9 Å². The molecule has 2 atom stereocenters. The number of esters is 1. The smallest absolute Gasteiger partial charge is 0.350 e. The number of nitrogens with one attached hydrogen (secondary N) is 1. The van der Waals surface area contributed by atoms with E-state index >= 15 is 0 Å². The van der Waals surface area contributed by atoms with Crippen molar-refractivity contribution >= 4 is 38.4 Å². The number of hydrogen-bond donors (Lipinski definition) is 1. The van der Waals surface area contributed by atoms with Gasteiger partial charge in [0.15, 0.2) is 5.13 Å². The summed E-state index contributed by atoms with van der Waals surface area (Å²) in [5.41, 5.74) is 0.604. The second kappa shape index (κ2) is 8.80. The van der Waals surface area contributed by atoms with Crippen molar-refractivity contribution in [3.05, 3.63) is 40.4 Å². The molecule has 0 aliphatic carbocycles. The fourth-order valence-electron chi connectivity index (χ4n) is 3.18. The third-order valence-corrected chi connectivity index (χ3v) is 7.39. The van der Waals surface area contributed by atoms with Crippen LogP contribution >= 0.6 is 11.3 Å². The molecule has 1 N–H and O–H groups in total. The number of carbonyl (C=O) groups is 2. The van der Waals surface area contributed by atoms with Crippen LogP contribution in [0.4, 0.5) is 5.13 Å². The standard InChI is InChI=1S/C19H23N3O6S2/c1-11-9-22(10-12(2)28-11)30(25,26)15-7-5-6-14(8-15)17(23)21-19-20-13(3)16(29-19)18(24)27-4/h5-8,11-12H,9-10H2,1-4H3,(H,20,21,23). The van der Waals surface area contributed by atoms with Crippen LogP contribution in [0.2, 0.25) is 0 Å². The lowest BCUT2D eigenvalue weighted by atomic mass is 10.2. The molecule has 9 nitrogen and oxygen atoms in total. The van der Waals surface area contributed by atoms with Gasteiger partial charge >= 0.3 is 5.97 Å². The molecule has 2 aromatic rings. The van der Waals surface area contributed by atoms with Gasteiger partial charge in [-0.1, -0.05) is 17.4 Å². The highest BCUT2D eigenvalue weighted by atomic mass is 32.2. The van der Waals surface area contributed by atoms with Gasteiger partial charge < -0.3 is 9.47 Å². The number of nitrogens with zero attached hydrogens (tertiary/aromatic N) is 2. The summed E-state index contributed by atoms with van der Waals surface area (Å²) in [5.74, 6) is -1.06. The van der Waals surface area contributed by atoms with Gasteiger partial charge in [-0.3, -0.25) is 10.1 Å². The number of carbonyl (C=O) groups excluding carboxylic acids is 2. The highest BCUT2D eigenvalue weighted by Crippen LogP contribution is 2.25. The molecule has 1 aliphatic rings. The lowest BCUT2D eigenvalue weighted by Crippen LogP contribution is -2.48. The molecule has 2 unspecified atom stereocenters. The van der Waals surface area contributed by atoms with Gasteiger partial charge in [0.1, 0.15) is 4.88 Å². The summed E-state index contributed by atoms with van der Waals surface area (Å²) in [7, 11) is -2.51. The average Bonchev–Trinajstić information content (AvgIpc) is 3.06.